The lowest BCUT2D eigenvalue weighted by Gasteiger charge is -2.19. The predicted molar refractivity (Wildman–Crippen MR) is 93.9 cm³/mol. The number of hydrogen-bond donors (Lipinski definition) is 1. The van der Waals surface area contributed by atoms with Crippen molar-refractivity contribution in [1.82, 2.24) is 5.32 Å². The maximum atomic E-state index is 12.2. The quantitative estimate of drug-likeness (QED) is 0.893. The van der Waals surface area contributed by atoms with Gasteiger partial charge in [0.05, 0.1) is 6.61 Å². The first-order valence-electron chi connectivity index (χ1n) is 8.00. The van der Waals surface area contributed by atoms with Crippen LogP contribution in [0.15, 0.2) is 48.5 Å². The van der Waals surface area contributed by atoms with E-state index in [1.54, 1.807) is 0 Å². The molecule has 0 aliphatic rings. The van der Waals surface area contributed by atoms with Gasteiger partial charge >= 0.3 is 0 Å². The summed E-state index contributed by atoms with van der Waals surface area (Å²) in [6.45, 7) is 9.60. The van der Waals surface area contributed by atoms with Crippen molar-refractivity contribution in [2.75, 3.05) is 6.61 Å². The lowest BCUT2D eigenvalue weighted by Crippen LogP contribution is -2.23. The predicted octanol–water partition coefficient (Wildman–Crippen LogP) is 4.31. The van der Waals surface area contributed by atoms with Gasteiger partial charge in [-0.1, -0.05) is 45.0 Å². The standard InChI is InChI=1S/C20H25NO2/c1-5-23-18-12-6-15(7-13-18)14-21-19(22)16-8-10-17(11-9-16)20(2,3)4/h6-13H,5,14H2,1-4H3,(H,21,22). The van der Waals surface area contributed by atoms with Crippen molar-refractivity contribution in [3.8, 4) is 5.75 Å². The number of nitrogens with one attached hydrogen (secondary N) is 1. The summed E-state index contributed by atoms with van der Waals surface area (Å²) in [7, 11) is 0. The Bertz CT molecular complexity index is 637. The van der Waals surface area contributed by atoms with E-state index in [0.717, 1.165) is 11.3 Å². The smallest absolute Gasteiger partial charge is 0.251 e. The molecule has 0 heterocycles. The van der Waals surface area contributed by atoms with Gasteiger partial charge in [-0.3, -0.25) is 4.79 Å². The maximum absolute atomic E-state index is 12.2. The lowest BCUT2D eigenvalue weighted by molar-refractivity contribution is 0.0951. The first kappa shape index (κ1) is 17.1. The lowest BCUT2D eigenvalue weighted by atomic mass is 9.87. The van der Waals surface area contributed by atoms with E-state index in [1.807, 2.05) is 55.5 Å². The van der Waals surface area contributed by atoms with Gasteiger partial charge in [0.15, 0.2) is 0 Å². The zero-order valence-corrected chi connectivity index (χ0v) is 14.3. The summed E-state index contributed by atoms with van der Waals surface area (Å²) in [5.74, 6) is 0.791. The third-order valence-electron chi connectivity index (χ3n) is 3.70. The van der Waals surface area contributed by atoms with Crippen molar-refractivity contribution in [2.45, 2.75) is 39.7 Å². The molecule has 0 radical (unpaired) electrons. The van der Waals surface area contributed by atoms with Crippen LogP contribution in [0.2, 0.25) is 0 Å². The van der Waals surface area contributed by atoms with Gasteiger partial charge in [0, 0.05) is 12.1 Å². The van der Waals surface area contributed by atoms with Crippen LogP contribution < -0.4 is 10.1 Å². The van der Waals surface area contributed by atoms with Crippen LogP contribution in [-0.4, -0.2) is 12.5 Å². The molecule has 3 nitrogen and oxygen atoms in total. The number of amides is 1. The van der Waals surface area contributed by atoms with Gasteiger partial charge in [-0.25, -0.2) is 0 Å². The average molecular weight is 311 g/mol. The second-order valence-corrected chi connectivity index (χ2v) is 6.59. The summed E-state index contributed by atoms with van der Waals surface area (Å²) in [6.07, 6.45) is 0. The molecule has 2 rings (SSSR count). The summed E-state index contributed by atoms with van der Waals surface area (Å²) < 4.78 is 5.41. The fraction of sp³-hybridized carbons (Fsp3) is 0.350. The molecule has 2 aromatic rings. The zero-order chi connectivity index (χ0) is 16.9. The van der Waals surface area contributed by atoms with Crippen LogP contribution in [0.1, 0.15) is 49.2 Å². The van der Waals surface area contributed by atoms with Crippen LogP contribution in [0.3, 0.4) is 0 Å². The van der Waals surface area contributed by atoms with Crippen molar-refractivity contribution in [1.29, 1.82) is 0 Å². The highest BCUT2D eigenvalue weighted by Crippen LogP contribution is 2.22. The minimum absolute atomic E-state index is 0.0562. The molecule has 0 bridgehead atoms. The topological polar surface area (TPSA) is 38.3 Å². The van der Waals surface area contributed by atoms with Crippen LogP contribution in [0.5, 0.6) is 5.75 Å². The molecule has 3 heteroatoms. The number of hydrogen-bond acceptors (Lipinski definition) is 2. The Hall–Kier alpha value is -2.29. The molecule has 0 atom stereocenters. The average Bonchev–Trinajstić information content (AvgIpc) is 2.53. The fourth-order valence-electron chi connectivity index (χ4n) is 2.28. The molecule has 1 amide bonds. The summed E-state index contributed by atoms with van der Waals surface area (Å²) in [4.78, 5) is 12.2. The molecule has 0 aliphatic carbocycles. The van der Waals surface area contributed by atoms with Crippen LogP contribution in [-0.2, 0) is 12.0 Å². The minimum atomic E-state index is -0.0562. The van der Waals surface area contributed by atoms with Gasteiger partial charge in [0.1, 0.15) is 5.75 Å². The van der Waals surface area contributed by atoms with Crippen molar-refractivity contribution in [2.24, 2.45) is 0 Å². The molecular weight excluding hydrogens is 286 g/mol. The van der Waals surface area contributed by atoms with Gasteiger partial charge in [-0.05, 0) is 47.7 Å². The summed E-state index contributed by atoms with van der Waals surface area (Å²) in [5.41, 5.74) is 3.05. The van der Waals surface area contributed by atoms with E-state index in [-0.39, 0.29) is 11.3 Å². The van der Waals surface area contributed by atoms with E-state index in [9.17, 15) is 4.79 Å². The number of rotatable bonds is 5. The van der Waals surface area contributed by atoms with Crippen LogP contribution in [0.4, 0.5) is 0 Å². The van der Waals surface area contributed by atoms with Gasteiger partial charge in [-0.15, -0.1) is 0 Å². The van der Waals surface area contributed by atoms with Gasteiger partial charge in [0.2, 0.25) is 0 Å². The molecular formula is C20H25NO2. The van der Waals surface area contributed by atoms with E-state index in [1.165, 1.54) is 5.56 Å². The molecule has 0 fully saturated rings. The molecule has 0 aromatic heterocycles. The molecule has 0 saturated heterocycles. The zero-order valence-electron chi connectivity index (χ0n) is 14.3. The Kier molecular flexibility index (Phi) is 5.43. The Morgan fingerprint density at radius 3 is 2.13 bits per heavy atom. The van der Waals surface area contributed by atoms with Crippen LogP contribution in [0, 0.1) is 0 Å². The number of ether oxygens (including phenoxy) is 1. The van der Waals surface area contributed by atoms with Crippen LogP contribution in [0.25, 0.3) is 0 Å². The van der Waals surface area contributed by atoms with E-state index in [0.29, 0.717) is 18.7 Å². The van der Waals surface area contributed by atoms with E-state index in [4.69, 9.17) is 4.74 Å². The second-order valence-electron chi connectivity index (χ2n) is 6.59. The summed E-state index contributed by atoms with van der Waals surface area (Å²) in [6, 6.07) is 15.6. The Balaban J connectivity index is 1.94. The first-order valence-corrected chi connectivity index (χ1v) is 8.00. The molecule has 23 heavy (non-hydrogen) atoms. The van der Waals surface area contributed by atoms with E-state index >= 15 is 0 Å². The third-order valence-corrected chi connectivity index (χ3v) is 3.70. The second kappa shape index (κ2) is 7.32. The number of carbonyl (C=O) groups excluding carboxylic acids is 1. The van der Waals surface area contributed by atoms with Crippen molar-refractivity contribution >= 4 is 5.91 Å². The number of benzene rings is 2. The number of carbonyl (C=O) groups is 1. The van der Waals surface area contributed by atoms with Gasteiger partial charge in [-0.2, -0.15) is 0 Å². The summed E-state index contributed by atoms with van der Waals surface area (Å²) >= 11 is 0. The van der Waals surface area contributed by atoms with E-state index in [2.05, 4.69) is 26.1 Å². The third kappa shape index (κ3) is 4.85. The Morgan fingerprint density at radius 2 is 1.61 bits per heavy atom. The maximum Gasteiger partial charge on any atom is 0.251 e. The fourth-order valence-corrected chi connectivity index (χ4v) is 2.28. The Morgan fingerprint density at radius 1 is 1.00 bits per heavy atom. The molecule has 0 saturated carbocycles. The van der Waals surface area contributed by atoms with Gasteiger partial charge in [0.25, 0.3) is 5.91 Å². The van der Waals surface area contributed by atoms with Crippen molar-refractivity contribution in [3.05, 3.63) is 65.2 Å². The van der Waals surface area contributed by atoms with Crippen molar-refractivity contribution < 1.29 is 9.53 Å². The SMILES string of the molecule is CCOc1ccc(CNC(=O)c2ccc(C(C)(C)C)cc2)cc1. The Labute approximate surface area is 138 Å². The monoisotopic (exact) mass is 311 g/mol. The van der Waals surface area contributed by atoms with E-state index < -0.39 is 0 Å². The van der Waals surface area contributed by atoms with Crippen LogP contribution >= 0.6 is 0 Å². The highest BCUT2D eigenvalue weighted by atomic mass is 16.5. The molecule has 122 valence electrons. The molecule has 2 aromatic carbocycles. The molecule has 1 N–H and O–H groups in total. The molecule has 0 unspecified atom stereocenters. The molecule has 0 spiro atoms. The normalized spacial score (nSPS) is 11.1. The molecule has 0 aliphatic heterocycles. The minimum Gasteiger partial charge on any atom is -0.494 e. The highest BCUT2D eigenvalue weighted by Gasteiger charge is 2.14. The van der Waals surface area contributed by atoms with Gasteiger partial charge < -0.3 is 10.1 Å². The first-order chi connectivity index (χ1) is 10.9. The summed E-state index contributed by atoms with van der Waals surface area (Å²) in [5, 5.41) is 2.95. The largest absolute Gasteiger partial charge is 0.494 e. The van der Waals surface area contributed by atoms with Crippen molar-refractivity contribution in [3.63, 3.8) is 0 Å². The highest BCUT2D eigenvalue weighted by molar-refractivity contribution is 5.94.